The highest BCUT2D eigenvalue weighted by atomic mass is 16.5. The van der Waals surface area contributed by atoms with Crippen LogP contribution in [0.3, 0.4) is 0 Å². The molecule has 1 atom stereocenters. The van der Waals surface area contributed by atoms with Gasteiger partial charge in [-0.1, -0.05) is 30.3 Å². The Kier molecular flexibility index (Phi) is 5.65. The molecule has 1 aliphatic heterocycles. The molecular formula is C15H23NO2. The Labute approximate surface area is 109 Å². The average molecular weight is 249 g/mol. The van der Waals surface area contributed by atoms with Crippen molar-refractivity contribution < 1.29 is 9.47 Å². The van der Waals surface area contributed by atoms with Crippen LogP contribution in [-0.4, -0.2) is 33.4 Å². The molecule has 18 heavy (non-hydrogen) atoms. The van der Waals surface area contributed by atoms with E-state index in [0.29, 0.717) is 5.92 Å². The summed E-state index contributed by atoms with van der Waals surface area (Å²) in [5, 5.41) is 3.20. The number of likely N-dealkylation sites (N-methyl/N-ethyl adjacent to an activating group) is 1. The van der Waals surface area contributed by atoms with Gasteiger partial charge in [0.15, 0.2) is 0 Å². The van der Waals surface area contributed by atoms with Gasteiger partial charge in [-0.3, -0.25) is 0 Å². The highest BCUT2D eigenvalue weighted by molar-refractivity contribution is 5.17. The van der Waals surface area contributed by atoms with E-state index in [1.54, 1.807) is 0 Å². The topological polar surface area (TPSA) is 30.5 Å². The summed E-state index contributed by atoms with van der Waals surface area (Å²) in [6.07, 6.45) is 2.40. The van der Waals surface area contributed by atoms with Gasteiger partial charge in [0.1, 0.15) is 0 Å². The molecule has 1 aromatic carbocycles. The summed E-state index contributed by atoms with van der Waals surface area (Å²) in [5.74, 6) is 0.654. The molecule has 1 aliphatic rings. The second-order valence-electron chi connectivity index (χ2n) is 4.85. The molecule has 0 aliphatic carbocycles. The van der Waals surface area contributed by atoms with Crippen LogP contribution in [0.1, 0.15) is 24.5 Å². The average Bonchev–Trinajstić information content (AvgIpc) is 2.45. The summed E-state index contributed by atoms with van der Waals surface area (Å²) in [5.41, 5.74) is 1.25. The second kappa shape index (κ2) is 7.52. The standard InChI is InChI=1S/C15H23NO2/c1-16-11-15(14-5-3-2-4-6-14)18-12-13-7-9-17-10-8-13/h2-6,13,15-16H,7-12H2,1H3. The van der Waals surface area contributed by atoms with Crippen molar-refractivity contribution in [1.82, 2.24) is 5.32 Å². The van der Waals surface area contributed by atoms with Gasteiger partial charge in [-0.25, -0.2) is 0 Å². The van der Waals surface area contributed by atoms with Gasteiger partial charge in [0, 0.05) is 19.8 Å². The van der Waals surface area contributed by atoms with Crippen molar-refractivity contribution in [3.63, 3.8) is 0 Å². The maximum atomic E-state index is 6.09. The summed E-state index contributed by atoms with van der Waals surface area (Å²) in [6, 6.07) is 10.4. The number of rotatable bonds is 6. The molecule has 0 saturated carbocycles. The van der Waals surface area contributed by atoms with Crippen LogP contribution in [0, 0.1) is 5.92 Å². The molecule has 1 unspecified atom stereocenters. The number of nitrogens with one attached hydrogen (secondary N) is 1. The second-order valence-corrected chi connectivity index (χ2v) is 4.85. The highest BCUT2D eigenvalue weighted by Crippen LogP contribution is 2.21. The zero-order valence-corrected chi connectivity index (χ0v) is 11.1. The zero-order chi connectivity index (χ0) is 12.6. The lowest BCUT2D eigenvalue weighted by molar-refractivity contribution is -0.0108. The largest absolute Gasteiger partial charge is 0.381 e. The van der Waals surface area contributed by atoms with Crippen molar-refractivity contribution in [2.75, 3.05) is 33.4 Å². The maximum Gasteiger partial charge on any atom is 0.0949 e. The van der Waals surface area contributed by atoms with E-state index in [4.69, 9.17) is 9.47 Å². The first-order valence-electron chi connectivity index (χ1n) is 6.79. The minimum absolute atomic E-state index is 0.152. The highest BCUT2D eigenvalue weighted by Gasteiger charge is 2.17. The fraction of sp³-hybridized carbons (Fsp3) is 0.600. The van der Waals surface area contributed by atoms with Crippen LogP contribution in [0.4, 0.5) is 0 Å². The molecule has 1 fully saturated rings. The minimum Gasteiger partial charge on any atom is -0.381 e. The fourth-order valence-corrected chi connectivity index (χ4v) is 2.29. The van der Waals surface area contributed by atoms with E-state index in [-0.39, 0.29) is 6.10 Å². The fourth-order valence-electron chi connectivity index (χ4n) is 2.29. The van der Waals surface area contributed by atoms with E-state index in [9.17, 15) is 0 Å². The Morgan fingerprint density at radius 2 is 2.00 bits per heavy atom. The number of ether oxygens (including phenoxy) is 2. The molecule has 0 bridgehead atoms. The van der Waals surface area contributed by atoms with E-state index in [2.05, 4.69) is 29.6 Å². The van der Waals surface area contributed by atoms with Gasteiger partial charge in [-0.05, 0) is 31.4 Å². The number of hydrogen-bond acceptors (Lipinski definition) is 3. The lowest BCUT2D eigenvalue weighted by Gasteiger charge is -2.25. The summed E-state index contributed by atoms with van der Waals surface area (Å²) in [7, 11) is 1.97. The van der Waals surface area contributed by atoms with E-state index in [0.717, 1.165) is 39.2 Å². The van der Waals surface area contributed by atoms with Gasteiger partial charge in [-0.15, -0.1) is 0 Å². The number of benzene rings is 1. The Morgan fingerprint density at radius 3 is 2.67 bits per heavy atom. The van der Waals surface area contributed by atoms with Gasteiger partial charge < -0.3 is 14.8 Å². The van der Waals surface area contributed by atoms with Crippen LogP contribution in [0.2, 0.25) is 0 Å². The van der Waals surface area contributed by atoms with E-state index in [1.807, 2.05) is 13.1 Å². The van der Waals surface area contributed by atoms with E-state index >= 15 is 0 Å². The van der Waals surface area contributed by atoms with Crippen molar-refractivity contribution in [2.24, 2.45) is 5.92 Å². The summed E-state index contributed by atoms with van der Waals surface area (Å²) >= 11 is 0. The van der Waals surface area contributed by atoms with Gasteiger partial charge in [-0.2, -0.15) is 0 Å². The van der Waals surface area contributed by atoms with Crippen LogP contribution in [0.15, 0.2) is 30.3 Å². The molecule has 0 amide bonds. The predicted molar refractivity (Wildman–Crippen MR) is 72.6 cm³/mol. The SMILES string of the molecule is CNCC(OCC1CCOCC1)c1ccccc1. The predicted octanol–water partition coefficient (Wildman–Crippen LogP) is 2.39. The van der Waals surface area contributed by atoms with E-state index in [1.165, 1.54) is 5.56 Å². The van der Waals surface area contributed by atoms with Gasteiger partial charge in [0.05, 0.1) is 12.7 Å². The Balaban J connectivity index is 1.86. The van der Waals surface area contributed by atoms with Crippen molar-refractivity contribution in [2.45, 2.75) is 18.9 Å². The summed E-state index contributed by atoms with van der Waals surface area (Å²) < 4.78 is 11.5. The van der Waals surface area contributed by atoms with Crippen LogP contribution in [0.25, 0.3) is 0 Å². The van der Waals surface area contributed by atoms with Crippen molar-refractivity contribution in [1.29, 1.82) is 0 Å². The Hall–Kier alpha value is -0.900. The van der Waals surface area contributed by atoms with Gasteiger partial charge >= 0.3 is 0 Å². The molecule has 0 spiro atoms. The molecule has 3 heteroatoms. The lowest BCUT2D eigenvalue weighted by Crippen LogP contribution is -2.25. The molecule has 1 N–H and O–H groups in total. The molecule has 1 heterocycles. The van der Waals surface area contributed by atoms with Crippen LogP contribution in [0.5, 0.6) is 0 Å². The summed E-state index contributed by atoms with van der Waals surface area (Å²) in [6.45, 7) is 3.46. The molecule has 100 valence electrons. The first-order valence-corrected chi connectivity index (χ1v) is 6.79. The molecule has 0 aromatic heterocycles. The molecule has 1 aromatic rings. The monoisotopic (exact) mass is 249 g/mol. The molecule has 3 nitrogen and oxygen atoms in total. The first kappa shape index (κ1) is 13.5. The molecular weight excluding hydrogens is 226 g/mol. The van der Waals surface area contributed by atoms with Crippen LogP contribution < -0.4 is 5.32 Å². The molecule has 0 radical (unpaired) electrons. The third kappa shape index (κ3) is 4.09. The van der Waals surface area contributed by atoms with Crippen LogP contribution >= 0.6 is 0 Å². The molecule has 2 rings (SSSR count). The third-order valence-electron chi connectivity index (χ3n) is 3.43. The normalized spacial score (nSPS) is 18.7. The van der Waals surface area contributed by atoms with Crippen molar-refractivity contribution in [3.05, 3.63) is 35.9 Å². The summed E-state index contributed by atoms with van der Waals surface area (Å²) in [4.78, 5) is 0. The van der Waals surface area contributed by atoms with Crippen molar-refractivity contribution in [3.8, 4) is 0 Å². The van der Waals surface area contributed by atoms with E-state index < -0.39 is 0 Å². The number of hydrogen-bond donors (Lipinski definition) is 1. The quantitative estimate of drug-likeness (QED) is 0.839. The third-order valence-corrected chi connectivity index (χ3v) is 3.43. The lowest BCUT2D eigenvalue weighted by atomic mass is 10.0. The Morgan fingerprint density at radius 1 is 1.28 bits per heavy atom. The molecule has 1 saturated heterocycles. The smallest absolute Gasteiger partial charge is 0.0949 e. The van der Waals surface area contributed by atoms with Crippen molar-refractivity contribution >= 4 is 0 Å². The minimum atomic E-state index is 0.152. The Bertz CT molecular complexity index is 323. The van der Waals surface area contributed by atoms with Gasteiger partial charge in [0.2, 0.25) is 0 Å². The van der Waals surface area contributed by atoms with Crippen LogP contribution in [-0.2, 0) is 9.47 Å². The van der Waals surface area contributed by atoms with Gasteiger partial charge in [0.25, 0.3) is 0 Å². The first-order chi connectivity index (χ1) is 8.90. The maximum absolute atomic E-state index is 6.09. The zero-order valence-electron chi connectivity index (χ0n) is 11.1.